The lowest BCUT2D eigenvalue weighted by atomic mass is 10.2. The molecule has 0 bridgehead atoms. The molecule has 0 radical (unpaired) electrons. The highest BCUT2D eigenvalue weighted by Crippen LogP contribution is 2.09. The van der Waals surface area contributed by atoms with Crippen molar-refractivity contribution in [2.75, 3.05) is 25.5 Å². The summed E-state index contributed by atoms with van der Waals surface area (Å²) in [6.45, 7) is 7.32. The molecule has 0 aliphatic rings. The molecule has 20 heavy (non-hydrogen) atoms. The molecule has 0 spiro atoms. The van der Waals surface area contributed by atoms with E-state index in [1.165, 1.54) is 0 Å². The van der Waals surface area contributed by atoms with Gasteiger partial charge in [-0.1, -0.05) is 0 Å². The van der Waals surface area contributed by atoms with E-state index >= 15 is 0 Å². The lowest BCUT2D eigenvalue weighted by Crippen LogP contribution is -2.25. The van der Waals surface area contributed by atoms with Crippen LogP contribution in [0.15, 0.2) is 12.1 Å². The number of rotatable bonds is 8. The van der Waals surface area contributed by atoms with Crippen LogP contribution in [-0.2, 0) is 4.74 Å². The standard InChI is InChI=1S/C15H25N3O2/c1-11(2)20-8-6-5-7-17-15(19)13-9-12(3)18-14(10-13)16-4/h9-11H,5-8H2,1-4H3,(H,16,18)(H,17,19). The number of carbonyl (C=O) groups is 1. The van der Waals surface area contributed by atoms with E-state index in [4.69, 9.17) is 4.74 Å². The van der Waals surface area contributed by atoms with E-state index in [2.05, 4.69) is 15.6 Å². The molecule has 0 unspecified atom stereocenters. The van der Waals surface area contributed by atoms with Crippen LogP contribution in [-0.4, -0.2) is 37.2 Å². The molecule has 0 saturated carbocycles. The van der Waals surface area contributed by atoms with Gasteiger partial charge in [0, 0.05) is 31.5 Å². The van der Waals surface area contributed by atoms with Crippen LogP contribution in [0.1, 0.15) is 42.7 Å². The van der Waals surface area contributed by atoms with Gasteiger partial charge >= 0.3 is 0 Å². The van der Waals surface area contributed by atoms with Gasteiger partial charge in [-0.05, 0) is 45.7 Å². The molecule has 2 N–H and O–H groups in total. The van der Waals surface area contributed by atoms with E-state index in [9.17, 15) is 4.79 Å². The smallest absolute Gasteiger partial charge is 0.251 e. The average molecular weight is 279 g/mol. The number of aromatic nitrogens is 1. The van der Waals surface area contributed by atoms with Crippen LogP contribution < -0.4 is 10.6 Å². The number of hydrogen-bond donors (Lipinski definition) is 2. The SMILES string of the molecule is CNc1cc(C(=O)NCCCCOC(C)C)cc(C)n1. The van der Waals surface area contributed by atoms with Crippen LogP contribution in [0.3, 0.4) is 0 Å². The Labute approximate surface area is 121 Å². The molecule has 0 fully saturated rings. The zero-order chi connectivity index (χ0) is 15.0. The minimum Gasteiger partial charge on any atom is -0.379 e. The van der Waals surface area contributed by atoms with E-state index < -0.39 is 0 Å². The number of carbonyl (C=O) groups excluding carboxylic acids is 1. The topological polar surface area (TPSA) is 63.2 Å². The fourth-order valence-corrected chi connectivity index (χ4v) is 1.78. The summed E-state index contributed by atoms with van der Waals surface area (Å²) in [5.74, 6) is 0.650. The number of aryl methyl sites for hydroxylation is 1. The number of ether oxygens (including phenoxy) is 1. The Morgan fingerprint density at radius 3 is 2.75 bits per heavy atom. The first-order valence-corrected chi connectivity index (χ1v) is 7.09. The average Bonchev–Trinajstić information content (AvgIpc) is 2.41. The van der Waals surface area contributed by atoms with Gasteiger partial charge in [-0.25, -0.2) is 4.98 Å². The summed E-state index contributed by atoms with van der Waals surface area (Å²) in [5.41, 5.74) is 1.47. The van der Waals surface area contributed by atoms with Gasteiger partial charge in [-0.15, -0.1) is 0 Å². The monoisotopic (exact) mass is 279 g/mol. The summed E-state index contributed by atoms with van der Waals surface area (Å²) in [6, 6.07) is 3.54. The Morgan fingerprint density at radius 2 is 2.10 bits per heavy atom. The molecule has 5 heteroatoms. The van der Waals surface area contributed by atoms with Gasteiger partial charge in [0.1, 0.15) is 5.82 Å². The second-order valence-electron chi connectivity index (χ2n) is 5.01. The van der Waals surface area contributed by atoms with E-state index in [1.807, 2.05) is 20.8 Å². The number of pyridine rings is 1. The third kappa shape index (κ3) is 6.02. The predicted molar refractivity (Wildman–Crippen MR) is 81.2 cm³/mol. The summed E-state index contributed by atoms with van der Waals surface area (Å²) < 4.78 is 5.45. The first-order chi connectivity index (χ1) is 9.52. The highest BCUT2D eigenvalue weighted by atomic mass is 16.5. The molecule has 1 amide bonds. The molecule has 1 aromatic rings. The molecule has 0 saturated heterocycles. The first kappa shape index (κ1) is 16.4. The number of hydrogen-bond acceptors (Lipinski definition) is 4. The Hall–Kier alpha value is -1.62. The lowest BCUT2D eigenvalue weighted by Gasteiger charge is -2.09. The van der Waals surface area contributed by atoms with E-state index in [0.29, 0.717) is 17.9 Å². The second kappa shape index (κ2) is 8.53. The third-order valence-corrected chi connectivity index (χ3v) is 2.78. The van der Waals surface area contributed by atoms with Crippen molar-refractivity contribution >= 4 is 11.7 Å². The quantitative estimate of drug-likeness (QED) is 0.717. The van der Waals surface area contributed by atoms with Crippen molar-refractivity contribution in [3.8, 4) is 0 Å². The number of nitrogens with zero attached hydrogens (tertiary/aromatic N) is 1. The zero-order valence-corrected chi connectivity index (χ0v) is 12.8. The molecule has 0 aliphatic carbocycles. The zero-order valence-electron chi connectivity index (χ0n) is 12.8. The number of anilines is 1. The van der Waals surface area contributed by atoms with Crippen LogP contribution in [0, 0.1) is 6.92 Å². The fraction of sp³-hybridized carbons (Fsp3) is 0.600. The van der Waals surface area contributed by atoms with Crippen molar-refractivity contribution in [2.24, 2.45) is 0 Å². The molecule has 0 aliphatic heterocycles. The van der Waals surface area contributed by atoms with Gasteiger partial charge in [0.05, 0.1) is 6.10 Å². The van der Waals surface area contributed by atoms with E-state index in [1.54, 1.807) is 19.2 Å². The molecule has 1 aromatic heterocycles. The van der Waals surface area contributed by atoms with Crippen molar-refractivity contribution in [2.45, 2.75) is 39.7 Å². The molecule has 0 atom stereocenters. The number of nitrogens with one attached hydrogen (secondary N) is 2. The Morgan fingerprint density at radius 1 is 1.35 bits per heavy atom. The fourth-order valence-electron chi connectivity index (χ4n) is 1.78. The molecule has 1 heterocycles. The van der Waals surface area contributed by atoms with Crippen molar-refractivity contribution in [1.82, 2.24) is 10.3 Å². The maximum absolute atomic E-state index is 12.0. The summed E-state index contributed by atoms with van der Waals surface area (Å²) in [4.78, 5) is 16.3. The van der Waals surface area contributed by atoms with Crippen molar-refractivity contribution in [3.05, 3.63) is 23.4 Å². The van der Waals surface area contributed by atoms with Crippen molar-refractivity contribution in [3.63, 3.8) is 0 Å². The van der Waals surface area contributed by atoms with Gasteiger partial charge in [0.25, 0.3) is 5.91 Å². The van der Waals surface area contributed by atoms with Crippen LogP contribution in [0.25, 0.3) is 0 Å². The Balaban J connectivity index is 2.34. The molecule has 1 rings (SSSR count). The Bertz CT molecular complexity index is 433. The summed E-state index contributed by atoms with van der Waals surface area (Å²) >= 11 is 0. The summed E-state index contributed by atoms with van der Waals surface area (Å²) in [5, 5.41) is 5.87. The van der Waals surface area contributed by atoms with Crippen LogP contribution in [0.4, 0.5) is 5.82 Å². The van der Waals surface area contributed by atoms with E-state index in [-0.39, 0.29) is 12.0 Å². The molecule has 0 aromatic carbocycles. The second-order valence-corrected chi connectivity index (χ2v) is 5.01. The first-order valence-electron chi connectivity index (χ1n) is 7.09. The predicted octanol–water partition coefficient (Wildman–Crippen LogP) is 2.37. The minimum atomic E-state index is -0.0585. The molecule has 112 valence electrons. The van der Waals surface area contributed by atoms with Gasteiger partial charge in [-0.2, -0.15) is 0 Å². The lowest BCUT2D eigenvalue weighted by molar-refractivity contribution is 0.0754. The van der Waals surface area contributed by atoms with Gasteiger partial charge in [-0.3, -0.25) is 4.79 Å². The maximum Gasteiger partial charge on any atom is 0.251 e. The van der Waals surface area contributed by atoms with Crippen LogP contribution in [0.2, 0.25) is 0 Å². The molecule has 5 nitrogen and oxygen atoms in total. The minimum absolute atomic E-state index is 0.0585. The number of unbranched alkanes of at least 4 members (excludes halogenated alkanes) is 1. The van der Waals surface area contributed by atoms with Crippen LogP contribution >= 0.6 is 0 Å². The van der Waals surface area contributed by atoms with Crippen LogP contribution in [0.5, 0.6) is 0 Å². The van der Waals surface area contributed by atoms with Gasteiger partial charge in [0.2, 0.25) is 0 Å². The highest BCUT2D eigenvalue weighted by molar-refractivity contribution is 5.94. The van der Waals surface area contributed by atoms with E-state index in [0.717, 1.165) is 25.1 Å². The van der Waals surface area contributed by atoms with Gasteiger partial charge < -0.3 is 15.4 Å². The molecular weight excluding hydrogens is 254 g/mol. The largest absolute Gasteiger partial charge is 0.379 e. The van der Waals surface area contributed by atoms with Crippen molar-refractivity contribution < 1.29 is 9.53 Å². The normalized spacial score (nSPS) is 10.7. The van der Waals surface area contributed by atoms with Gasteiger partial charge in [0.15, 0.2) is 0 Å². The summed E-state index contributed by atoms with van der Waals surface area (Å²) in [7, 11) is 1.79. The highest BCUT2D eigenvalue weighted by Gasteiger charge is 2.07. The Kier molecular flexibility index (Phi) is 7.01. The third-order valence-electron chi connectivity index (χ3n) is 2.78. The maximum atomic E-state index is 12.0. The number of amides is 1. The van der Waals surface area contributed by atoms with Crippen molar-refractivity contribution in [1.29, 1.82) is 0 Å². The molecular formula is C15H25N3O2. The summed E-state index contributed by atoms with van der Waals surface area (Å²) in [6.07, 6.45) is 2.14.